The number of hydrogen-bond donors (Lipinski definition) is 1. The SMILES string of the molecule is c1ccc(CNc2nn3c(-c4ccsc4)cnc3s2)cc1. The van der Waals surface area contributed by atoms with Crippen LogP contribution in [0.15, 0.2) is 53.4 Å². The summed E-state index contributed by atoms with van der Waals surface area (Å²) in [4.78, 5) is 5.34. The summed E-state index contributed by atoms with van der Waals surface area (Å²) >= 11 is 3.25. The van der Waals surface area contributed by atoms with Gasteiger partial charge in [-0.25, -0.2) is 9.50 Å². The Labute approximate surface area is 129 Å². The molecule has 0 radical (unpaired) electrons. The maximum Gasteiger partial charge on any atom is 0.214 e. The Hall–Kier alpha value is -2.18. The normalized spacial score (nSPS) is 11.0. The molecule has 4 rings (SSSR count). The molecule has 6 heteroatoms. The van der Waals surface area contributed by atoms with E-state index in [0.29, 0.717) is 0 Å². The quantitative estimate of drug-likeness (QED) is 0.616. The van der Waals surface area contributed by atoms with E-state index in [1.165, 1.54) is 5.56 Å². The monoisotopic (exact) mass is 312 g/mol. The molecular weight excluding hydrogens is 300 g/mol. The van der Waals surface area contributed by atoms with Crippen molar-refractivity contribution in [1.82, 2.24) is 14.6 Å². The number of imidazole rings is 1. The summed E-state index contributed by atoms with van der Waals surface area (Å²) < 4.78 is 1.90. The van der Waals surface area contributed by atoms with E-state index in [9.17, 15) is 0 Å². The molecule has 0 bridgehead atoms. The number of hydrogen-bond acceptors (Lipinski definition) is 5. The zero-order valence-corrected chi connectivity index (χ0v) is 12.7. The molecule has 0 saturated heterocycles. The van der Waals surface area contributed by atoms with Gasteiger partial charge in [-0.3, -0.25) is 0 Å². The van der Waals surface area contributed by atoms with Crippen molar-refractivity contribution in [3.8, 4) is 11.3 Å². The van der Waals surface area contributed by atoms with Gasteiger partial charge < -0.3 is 5.32 Å². The number of nitrogens with zero attached hydrogens (tertiary/aromatic N) is 3. The molecule has 3 aromatic heterocycles. The summed E-state index contributed by atoms with van der Waals surface area (Å²) in [6.45, 7) is 0.769. The van der Waals surface area contributed by atoms with Gasteiger partial charge >= 0.3 is 0 Å². The van der Waals surface area contributed by atoms with Crippen LogP contribution in [-0.4, -0.2) is 14.6 Å². The Morgan fingerprint density at radius 2 is 2.05 bits per heavy atom. The highest BCUT2D eigenvalue weighted by atomic mass is 32.1. The van der Waals surface area contributed by atoms with E-state index < -0.39 is 0 Å². The van der Waals surface area contributed by atoms with E-state index in [0.717, 1.165) is 27.9 Å². The van der Waals surface area contributed by atoms with Crippen LogP contribution in [0.25, 0.3) is 16.2 Å². The van der Waals surface area contributed by atoms with E-state index in [-0.39, 0.29) is 0 Å². The Kier molecular flexibility index (Phi) is 3.17. The molecule has 3 heterocycles. The zero-order valence-electron chi connectivity index (χ0n) is 11.1. The first kappa shape index (κ1) is 12.6. The lowest BCUT2D eigenvalue weighted by Gasteiger charge is -2.01. The molecule has 0 amide bonds. The van der Waals surface area contributed by atoms with Gasteiger partial charge in [0.15, 0.2) is 0 Å². The Bertz CT molecular complexity index is 846. The van der Waals surface area contributed by atoms with Gasteiger partial charge in [-0.2, -0.15) is 11.3 Å². The summed E-state index contributed by atoms with van der Waals surface area (Å²) in [6, 6.07) is 12.4. The second-order valence-electron chi connectivity index (χ2n) is 4.60. The van der Waals surface area contributed by atoms with Crippen molar-refractivity contribution in [2.75, 3.05) is 5.32 Å². The molecule has 0 aliphatic carbocycles. The van der Waals surface area contributed by atoms with Crippen LogP contribution in [0.1, 0.15) is 5.56 Å². The molecule has 0 unspecified atom stereocenters. The second kappa shape index (κ2) is 5.31. The van der Waals surface area contributed by atoms with E-state index in [1.807, 2.05) is 28.9 Å². The largest absolute Gasteiger partial charge is 0.356 e. The van der Waals surface area contributed by atoms with Gasteiger partial charge in [0, 0.05) is 17.5 Å². The summed E-state index contributed by atoms with van der Waals surface area (Å²) in [5, 5.41) is 13.0. The van der Waals surface area contributed by atoms with Crippen LogP contribution in [0.4, 0.5) is 5.13 Å². The lowest BCUT2D eigenvalue weighted by atomic mass is 10.2. The summed E-state index contributed by atoms with van der Waals surface area (Å²) in [5.74, 6) is 0. The first-order valence-electron chi connectivity index (χ1n) is 6.55. The van der Waals surface area contributed by atoms with Crippen molar-refractivity contribution in [1.29, 1.82) is 0 Å². The number of aromatic nitrogens is 3. The Morgan fingerprint density at radius 1 is 1.14 bits per heavy atom. The molecule has 0 saturated carbocycles. The molecule has 1 aromatic carbocycles. The molecule has 21 heavy (non-hydrogen) atoms. The number of rotatable bonds is 4. The first-order valence-corrected chi connectivity index (χ1v) is 8.31. The molecule has 0 spiro atoms. The Balaban J connectivity index is 1.60. The van der Waals surface area contributed by atoms with Gasteiger partial charge in [-0.15, -0.1) is 5.10 Å². The predicted molar refractivity (Wildman–Crippen MR) is 87.9 cm³/mol. The van der Waals surface area contributed by atoms with E-state index in [4.69, 9.17) is 0 Å². The lowest BCUT2D eigenvalue weighted by molar-refractivity contribution is 0.968. The number of fused-ring (bicyclic) bond motifs is 1. The average molecular weight is 312 g/mol. The summed E-state index contributed by atoms with van der Waals surface area (Å²) in [6.07, 6.45) is 1.88. The van der Waals surface area contributed by atoms with Crippen LogP contribution in [0.2, 0.25) is 0 Å². The van der Waals surface area contributed by atoms with Gasteiger partial charge in [-0.1, -0.05) is 41.7 Å². The fraction of sp³-hybridized carbons (Fsp3) is 0.0667. The van der Waals surface area contributed by atoms with E-state index >= 15 is 0 Å². The third-order valence-corrected chi connectivity index (χ3v) is 4.75. The highest BCUT2D eigenvalue weighted by molar-refractivity contribution is 7.20. The molecule has 4 aromatic rings. The molecule has 4 nitrogen and oxygen atoms in total. The fourth-order valence-corrected chi connectivity index (χ4v) is 3.57. The highest BCUT2D eigenvalue weighted by Crippen LogP contribution is 2.27. The van der Waals surface area contributed by atoms with Crippen LogP contribution in [0.3, 0.4) is 0 Å². The summed E-state index contributed by atoms with van der Waals surface area (Å²) in [7, 11) is 0. The topological polar surface area (TPSA) is 42.2 Å². The van der Waals surface area contributed by atoms with Crippen molar-refractivity contribution < 1.29 is 0 Å². The number of benzene rings is 1. The van der Waals surface area contributed by atoms with E-state index in [1.54, 1.807) is 22.7 Å². The standard InChI is InChI=1S/C15H12N4S2/c1-2-4-11(5-3-1)8-16-14-18-19-13(9-17-15(19)21-14)12-6-7-20-10-12/h1-7,9-10H,8H2,(H,16,18). The molecule has 0 aliphatic rings. The minimum absolute atomic E-state index is 0.769. The van der Waals surface area contributed by atoms with Crippen molar-refractivity contribution in [3.63, 3.8) is 0 Å². The third kappa shape index (κ3) is 2.43. The molecule has 104 valence electrons. The van der Waals surface area contributed by atoms with Crippen molar-refractivity contribution in [3.05, 3.63) is 58.9 Å². The fourth-order valence-electron chi connectivity index (χ4n) is 2.14. The number of anilines is 1. The van der Waals surface area contributed by atoms with Crippen molar-refractivity contribution >= 4 is 32.8 Å². The highest BCUT2D eigenvalue weighted by Gasteiger charge is 2.11. The number of thiophene rings is 1. The van der Waals surface area contributed by atoms with Gasteiger partial charge in [0.1, 0.15) is 0 Å². The van der Waals surface area contributed by atoms with Crippen LogP contribution in [0.5, 0.6) is 0 Å². The van der Waals surface area contributed by atoms with E-state index in [2.05, 4.69) is 44.4 Å². The van der Waals surface area contributed by atoms with Gasteiger partial charge in [0.2, 0.25) is 10.1 Å². The zero-order chi connectivity index (χ0) is 14.1. The molecule has 0 fully saturated rings. The lowest BCUT2D eigenvalue weighted by Crippen LogP contribution is -1.99. The minimum Gasteiger partial charge on any atom is -0.356 e. The Morgan fingerprint density at radius 3 is 2.86 bits per heavy atom. The van der Waals surface area contributed by atoms with Crippen LogP contribution in [0, 0.1) is 0 Å². The minimum atomic E-state index is 0.769. The second-order valence-corrected chi connectivity index (χ2v) is 6.33. The summed E-state index contributed by atoms with van der Waals surface area (Å²) in [5.41, 5.74) is 3.44. The van der Waals surface area contributed by atoms with Crippen LogP contribution < -0.4 is 5.32 Å². The predicted octanol–water partition coefficient (Wildman–Crippen LogP) is 4.13. The van der Waals surface area contributed by atoms with Crippen LogP contribution in [-0.2, 0) is 6.54 Å². The van der Waals surface area contributed by atoms with Gasteiger partial charge in [-0.05, 0) is 17.0 Å². The van der Waals surface area contributed by atoms with Gasteiger partial charge in [0.25, 0.3) is 0 Å². The smallest absolute Gasteiger partial charge is 0.214 e. The number of nitrogens with one attached hydrogen (secondary N) is 1. The molecular formula is C15H12N4S2. The first-order chi connectivity index (χ1) is 10.4. The third-order valence-electron chi connectivity index (χ3n) is 3.19. The van der Waals surface area contributed by atoms with Crippen LogP contribution >= 0.6 is 22.7 Å². The molecule has 0 atom stereocenters. The maximum absolute atomic E-state index is 4.61. The maximum atomic E-state index is 4.61. The molecule has 0 aliphatic heterocycles. The van der Waals surface area contributed by atoms with Crippen molar-refractivity contribution in [2.24, 2.45) is 0 Å². The van der Waals surface area contributed by atoms with Crippen molar-refractivity contribution in [2.45, 2.75) is 6.54 Å². The van der Waals surface area contributed by atoms with Gasteiger partial charge in [0.05, 0.1) is 11.9 Å². The molecule has 1 N–H and O–H groups in total. The average Bonchev–Trinajstić information content (AvgIpc) is 3.22.